The fourth-order valence-corrected chi connectivity index (χ4v) is 3.88. The summed E-state index contributed by atoms with van der Waals surface area (Å²) in [4.78, 5) is 14.4. The molecule has 1 aromatic heterocycles. The van der Waals surface area contributed by atoms with E-state index in [1.807, 2.05) is 31.3 Å². The number of H-pyrrole nitrogens is 1. The van der Waals surface area contributed by atoms with Gasteiger partial charge < -0.3 is 14.8 Å². The van der Waals surface area contributed by atoms with E-state index < -0.39 is 5.97 Å². The fourth-order valence-electron chi connectivity index (χ4n) is 3.88. The number of rotatable bonds is 4. The van der Waals surface area contributed by atoms with Crippen LogP contribution in [0.4, 0.5) is 0 Å². The van der Waals surface area contributed by atoms with Gasteiger partial charge in [0.1, 0.15) is 11.5 Å². The topological polar surface area (TPSA) is 62.3 Å². The lowest BCUT2D eigenvalue weighted by molar-refractivity contribution is -0.136. The summed E-state index contributed by atoms with van der Waals surface area (Å²) in [5, 5.41) is 10.3. The zero-order valence-electron chi connectivity index (χ0n) is 14.5. The average Bonchev–Trinajstić information content (AvgIpc) is 3.18. The van der Waals surface area contributed by atoms with E-state index in [-0.39, 0.29) is 6.42 Å². The first-order valence-corrected chi connectivity index (χ1v) is 8.64. The molecule has 2 N–H and O–H groups in total. The predicted molar refractivity (Wildman–Crippen MR) is 97.7 cm³/mol. The normalized spacial score (nSPS) is 13.2. The van der Waals surface area contributed by atoms with Crippen LogP contribution in [0.15, 0.2) is 30.5 Å². The summed E-state index contributed by atoms with van der Waals surface area (Å²) in [6, 6.07) is 8.05. The van der Waals surface area contributed by atoms with Gasteiger partial charge in [0, 0.05) is 17.1 Å². The molecule has 0 spiro atoms. The molecule has 0 saturated heterocycles. The Morgan fingerprint density at radius 2 is 1.96 bits per heavy atom. The average molecular weight is 335 g/mol. The Balaban J connectivity index is 1.76. The number of carboxylic acid groups (broad SMARTS) is 1. The Labute approximate surface area is 146 Å². The van der Waals surface area contributed by atoms with Gasteiger partial charge in [-0.1, -0.05) is 6.07 Å². The van der Waals surface area contributed by atoms with E-state index in [1.165, 1.54) is 16.7 Å². The summed E-state index contributed by atoms with van der Waals surface area (Å²) >= 11 is 0. The molecule has 0 unspecified atom stereocenters. The number of ether oxygens (including phenoxy) is 1. The van der Waals surface area contributed by atoms with Crippen LogP contribution < -0.4 is 4.74 Å². The number of nitrogens with one attached hydrogen (secondary N) is 1. The van der Waals surface area contributed by atoms with Gasteiger partial charge in [-0.05, 0) is 79.1 Å². The summed E-state index contributed by atoms with van der Waals surface area (Å²) < 4.78 is 6.28. The van der Waals surface area contributed by atoms with Gasteiger partial charge in [0.25, 0.3) is 0 Å². The first kappa shape index (κ1) is 15.8. The molecule has 0 radical (unpaired) electrons. The van der Waals surface area contributed by atoms with Crippen LogP contribution in [0.5, 0.6) is 11.5 Å². The lowest BCUT2D eigenvalue weighted by Crippen LogP contribution is -2.05. The van der Waals surface area contributed by atoms with Gasteiger partial charge in [-0.2, -0.15) is 0 Å². The van der Waals surface area contributed by atoms with Crippen LogP contribution in [0.3, 0.4) is 0 Å². The van der Waals surface area contributed by atoms with Crippen molar-refractivity contribution in [1.29, 1.82) is 0 Å². The Hall–Kier alpha value is -2.75. The van der Waals surface area contributed by atoms with Gasteiger partial charge in [0.2, 0.25) is 0 Å². The Bertz CT molecular complexity index is 984. The second-order valence-electron chi connectivity index (χ2n) is 6.84. The third-order valence-electron chi connectivity index (χ3n) is 5.05. The number of aromatic nitrogens is 1. The van der Waals surface area contributed by atoms with Crippen LogP contribution >= 0.6 is 0 Å². The molecule has 1 heterocycles. The van der Waals surface area contributed by atoms with E-state index in [1.54, 1.807) is 0 Å². The lowest BCUT2D eigenvalue weighted by Gasteiger charge is -2.16. The molecular formula is C21H21NO3. The van der Waals surface area contributed by atoms with Crippen LogP contribution in [0.1, 0.15) is 34.2 Å². The molecule has 1 aliphatic rings. The first-order chi connectivity index (χ1) is 12.0. The molecule has 0 saturated carbocycles. The maximum Gasteiger partial charge on any atom is 0.307 e. The highest BCUT2D eigenvalue weighted by Crippen LogP contribution is 2.39. The van der Waals surface area contributed by atoms with Gasteiger partial charge in [-0.3, -0.25) is 4.79 Å². The molecule has 0 fully saturated rings. The van der Waals surface area contributed by atoms with Crippen molar-refractivity contribution in [3.8, 4) is 11.5 Å². The highest BCUT2D eigenvalue weighted by atomic mass is 16.5. The van der Waals surface area contributed by atoms with Gasteiger partial charge in [0.15, 0.2) is 0 Å². The van der Waals surface area contributed by atoms with Crippen LogP contribution in [-0.4, -0.2) is 16.1 Å². The Kier molecular flexibility index (Phi) is 3.75. The highest BCUT2D eigenvalue weighted by molar-refractivity contribution is 5.84. The maximum absolute atomic E-state index is 11.2. The Morgan fingerprint density at radius 1 is 1.16 bits per heavy atom. The number of hydrogen-bond acceptors (Lipinski definition) is 2. The molecule has 25 heavy (non-hydrogen) atoms. The third kappa shape index (κ3) is 2.78. The van der Waals surface area contributed by atoms with Crippen molar-refractivity contribution in [1.82, 2.24) is 4.98 Å². The van der Waals surface area contributed by atoms with Crippen molar-refractivity contribution < 1.29 is 14.6 Å². The third-order valence-corrected chi connectivity index (χ3v) is 5.05. The van der Waals surface area contributed by atoms with Crippen molar-refractivity contribution >= 4 is 16.9 Å². The first-order valence-electron chi connectivity index (χ1n) is 8.64. The standard InChI is InChI=1S/C21H21NO3/c1-12-8-14(9-20(23)24)16-4-3-5-17(16)21(12)25-15-6-7-19-18(10-15)13(2)11-22-19/h6-8,10-11,22H,3-5,9H2,1-2H3,(H,23,24). The SMILES string of the molecule is Cc1cc(CC(=O)O)c2c(c1Oc1ccc3[nH]cc(C)c3c1)CCC2. The summed E-state index contributed by atoms with van der Waals surface area (Å²) in [7, 11) is 0. The molecule has 0 atom stereocenters. The number of benzene rings is 2. The van der Waals surface area contributed by atoms with Crippen LogP contribution in [0.2, 0.25) is 0 Å². The van der Waals surface area contributed by atoms with Crippen molar-refractivity contribution in [3.63, 3.8) is 0 Å². The number of aromatic amines is 1. The highest BCUT2D eigenvalue weighted by Gasteiger charge is 2.23. The summed E-state index contributed by atoms with van der Waals surface area (Å²) in [5.74, 6) is 0.933. The minimum absolute atomic E-state index is 0.0813. The van der Waals surface area contributed by atoms with Gasteiger partial charge in [-0.15, -0.1) is 0 Å². The minimum atomic E-state index is -0.782. The predicted octanol–water partition coefficient (Wildman–Crippen LogP) is 4.69. The number of fused-ring (bicyclic) bond motifs is 2. The van der Waals surface area contributed by atoms with Crippen molar-refractivity contribution in [2.24, 2.45) is 0 Å². The number of aryl methyl sites for hydroxylation is 2. The number of carboxylic acids is 1. The number of aliphatic carboxylic acids is 1. The molecule has 2 aromatic carbocycles. The smallest absolute Gasteiger partial charge is 0.307 e. The van der Waals surface area contributed by atoms with Crippen LogP contribution in [0.25, 0.3) is 10.9 Å². The maximum atomic E-state index is 11.2. The molecule has 3 aromatic rings. The van der Waals surface area contributed by atoms with E-state index in [0.717, 1.165) is 52.8 Å². The van der Waals surface area contributed by atoms with E-state index in [0.29, 0.717) is 0 Å². The zero-order chi connectivity index (χ0) is 17.6. The zero-order valence-corrected chi connectivity index (χ0v) is 14.5. The molecule has 0 amide bonds. The molecule has 0 bridgehead atoms. The quantitative estimate of drug-likeness (QED) is 0.727. The van der Waals surface area contributed by atoms with Crippen LogP contribution in [0, 0.1) is 13.8 Å². The van der Waals surface area contributed by atoms with E-state index >= 15 is 0 Å². The molecular weight excluding hydrogens is 314 g/mol. The molecule has 4 rings (SSSR count). The molecule has 1 aliphatic carbocycles. The van der Waals surface area contributed by atoms with Gasteiger partial charge in [0.05, 0.1) is 6.42 Å². The molecule has 0 aliphatic heterocycles. The fraction of sp³-hybridized carbons (Fsp3) is 0.286. The molecule has 128 valence electrons. The summed E-state index contributed by atoms with van der Waals surface area (Å²) in [5.41, 5.74) is 6.58. The Morgan fingerprint density at radius 3 is 2.76 bits per heavy atom. The summed E-state index contributed by atoms with van der Waals surface area (Å²) in [6.45, 7) is 4.08. The lowest BCUT2D eigenvalue weighted by atomic mass is 9.96. The van der Waals surface area contributed by atoms with Crippen molar-refractivity contribution in [3.05, 3.63) is 58.3 Å². The molecule has 4 nitrogen and oxygen atoms in total. The van der Waals surface area contributed by atoms with Crippen molar-refractivity contribution in [2.45, 2.75) is 39.5 Å². The van der Waals surface area contributed by atoms with E-state index in [4.69, 9.17) is 9.84 Å². The van der Waals surface area contributed by atoms with Gasteiger partial charge in [-0.25, -0.2) is 0 Å². The van der Waals surface area contributed by atoms with E-state index in [9.17, 15) is 4.79 Å². The second-order valence-corrected chi connectivity index (χ2v) is 6.84. The van der Waals surface area contributed by atoms with Crippen molar-refractivity contribution in [2.75, 3.05) is 0 Å². The number of carbonyl (C=O) groups is 1. The van der Waals surface area contributed by atoms with Crippen LogP contribution in [-0.2, 0) is 24.1 Å². The van der Waals surface area contributed by atoms with E-state index in [2.05, 4.69) is 18.0 Å². The monoisotopic (exact) mass is 335 g/mol. The molecule has 4 heteroatoms. The van der Waals surface area contributed by atoms with Gasteiger partial charge >= 0.3 is 5.97 Å². The second kappa shape index (κ2) is 5.96. The largest absolute Gasteiger partial charge is 0.481 e. The number of hydrogen-bond donors (Lipinski definition) is 2. The summed E-state index contributed by atoms with van der Waals surface area (Å²) in [6.07, 6.45) is 5.02. The minimum Gasteiger partial charge on any atom is -0.481 e.